The van der Waals surface area contributed by atoms with Gasteiger partial charge < -0.3 is 15.8 Å². The van der Waals surface area contributed by atoms with Crippen LogP contribution in [0.1, 0.15) is 18.5 Å². The van der Waals surface area contributed by atoms with Gasteiger partial charge in [0.2, 0.25) is 5.91 Å². The first-order valence-electron chi connectivity index (χ1n) is 6.54. The van der Waals surface area contributed by atoms with Crippen molar-refractivity contribution in [2.24, 2.45) is 11.7 Å². The maximum Gasteiger partial charge on any atom is 0.411 e. The molecule has 0 spiro atoms. The van der Waals surface area contributed by atoms with Crippen molar-refractivity contribution < 1.29 is 22.7 Å². The number of halogens is 3. The lowest BCUT2D eigenvalue weighted by atomic mass is 9.95. The highest BCUT2D eigenvalue weighted by atomic mass is 19.4. The fourth-order valence-corrected chi connectivity index (χ4v) is 1.72. The molecule has 0 aliphatic rings. The van der Waals surface area contributed by atoms with Gasteiger partial charge in [0.15, 0.2) is 0 Å². The molecule has 0 saturated heterocycles. The van der Waals surface area contributed by atoms with Gasteiger partial charge in [-0.2, -0.15) is 13.2 Å². The summed E-state index contributed by atoms with van der Waals surface area (Å²) in [4.78, 5) is 11.8. The minimum atomic E-state index is -4.35. The Morgan fingerprint density at radius 2 is 1.95 bits per heavy atom. The van der Waals surface area contributed by atoms with Crippen LogP contribution in [0.4, 0.5) is 13.2 Å². The van der Waals surface area contributed by atoms with Gasteiger partial charge >= 0.3 is 6.18 Å². The topological polar surface area (TPSA) is 64.3 Å². The highest BCUT2D eigenvalue weighted by Crippen LogP contribution is 2.19. The molecule has 0 saturated carbocycles. The molecule has 0 fully saturated rings. The van der Waals surface area contributed by atoms with E-state index >= 15 is 0 Å². The van der Waals surface area contributed by atoms with Gasteiger partial charge in [-0.25, -0.2) is 0 Å². The molecule has 1 aromatic rings. The molecule has 1 rings (SSSR count). The lowest BCUT2D eigenvalue weighted by molar-refractivity contribution is -0.173. The second kappa shape index (κ2) is 7.99. The van der Waals surface area contributed by atoms with Crippen LogP contribution in [0.3, 0.4) is 0 Å². The zero-order valence-corrected chi connectivity index (χ0v) is 11.7. The molecule has 7 heteroatoms. The number of hydrogen-bond donors (Lipinski definition) is 2. The number of carbonyl (C=O) groups excluding carboxylic acids is 1. The molecule has 118 valence electrons. The van der Waals surface area contributed by atoms with Gasteiger partial charge in [-0.15, -0.1) is 0 Å². The number of rotatable bonds is 7. The summed E-state index contributed by atoms with van der Waals surface area (Å²) in [5, 5.41) is 2.51. The molecule has 3 N–H and O–H groups in total. The van der Waals surface area contributed by atoms with E-state index in [-0.39, 0.29) is 19.1 Å². The van der Waals surface area contributed by atoms with Crippen molar-refractivity contribution in [2.75, 3.05) is 19.8 Å². The standard InChI is InChI=1S/C14H19F3N2O2/c1-10(12(18)11-5-3-2-4-6-11)13(20)19-7-8-21-9-14(15,16)17/h2-6,10,12H,7-9,18H2,1H3,(H,19,20). The van der Waals surface area contributed by atoms with Gasteiger partial charge in [0.1, 0.15) is 6.61 Å². The Labute approximate surface area is 121 Å². The third-order valence-electron chi connectivity index (χ3n) is 2.95. The summed E-state index contributed by atoms with van der Waals surface area (Å²) in [6, 6.07) is 8.67. The summed E-state index contributed by atoms with van der Waals surface area (Å²) in [6.45, 7) is 0.171. The van der Waals surface area contributed by atoms with Crippen LogP contribution < -0.4 is 11.1 Å². The normalized spacial score (nSPS) is 14.5. The number of nitrogens with one attached hydrogen (secondary N) is 1. The number of carbonyl (C=O) groups is 1. The van der Waals surface area contributed by atoms with Crippen LogP contribution in [-0.2, 0) is 9.53 Å². The minimum Gasteiger partial charge on any atom is -0.370 e. The van der Waals surface area contributed by atoms with Crippen LogP contribution in [0.15, 0.2) is 30.3 Å². The molecule has 4 nitrogen and oxygen atoms in total. The summed E-state index contributed by atoms with van der Waals surface area (Å²) in [6.07, 6.45) is -4.35. The summed E-state index contributed by atoms with van der Waals surface area (Å²) in [5.74, 6) is -0.808. The van der Waals surface area contributed by atoms with Crippen LogP contribution >= 0.6 is 0 Å². The van der Waals surface area contributed by atoms with E-state index in [1.807, 2.05) is 30.3 Å². The van der Waals surface area contributed by atoms with Crippen molar-refractivity contribution in [3.8, 4) is 0 Å². The first-order chi connectivity index (χ1) is 9.81. The van der Waals surface area contributed by atoms with Crippen LogP contribution in [0.25, 0.3) is 0 Å². The fraction of sp³-hybridized carbons (Fsp3) is 0.500. The third-order valence-corrected chi connectivity index (χ3v) is 2.95. The van der Waals surface area contributed by atoms with Crippen molar-refractivity contribution >= 4 is 5.91 Å². The van der Waals surface area contributed by atoms with Crippen LogP contribution in [0.2, 0.25) is 0 Å². The third kappa shape index (κ3) is 6.59. The molecule has 0 radical (unpaired) electrons. The zero-order chi connectivity index (χ0) is 15.9. The van der Waals surface area contributed by atoms with E-state index in [1.165, 1.54) is 0 Å². The van der Waals surface area contributed by atoms with Gasteiger partial charge in [-0.3, -0.25) is 4.79 Å². The van der Waals surface area contributed by atoms with Crippen LogP contribution in [0.5, 0.6) is 0 Å². The molecule has 1 amide bonds. The number of alkyl halides is 3. The molecule has 0 aliphatic heterocycles. The van der Waals surface area contributed by atoms with Crippen molar-refractivity contribution in [3.63, 3.8) is 0 Å². The van der Waals surface area contributed by atoms with E-state index in [1.54, 1.807) is 6.92 Å². The molecular weight excluding hydrogens is 285 g/mol. The lowest BCUT2D eigenvalue weighted by Crippen LogP contribution is -2.37. The first-order valence-corrected chi connectivity index (χ1v) is 6.54. The molecule has 0 aromatic heterocycles. The summed E-state index contributed by atoms with van der Waals surface area (Å²) < 4.78 is 39.9. The second-order valence-electron chi connectivity index (χ2n) is 4.68. The maximum atomic E-state index is 11.8. The zero-order valence-electron chi connectivity index (χ0n) is 11.7. The lowest BCUT2D eigenvalue weighted by Gasteiger charge is -2.19. The molecule has 1 aromatic carbocycles. The van der Waals surface area contributed by atoms with E-state index in [0.29, 0.717) is 0 Å². The predicted octanol–water partition coefficient (Wildman–Crippen LogP) is 2.02. The first kappa shape index (κ1) is 17.5. The Bertz CT molecular complexity index is 438. The van der Waals surface area contributed by atoms with E-state index in [0.717, 1.165) is 5.56 Å². The summed E-state index contributed by atoms with van der Waals surface area (Å²) >= 11 is 0. The number of amides is 1. The highest BCUT2D eigenvalue weighted by Gasteiger charge is 2.27. The van der Waals surface area contributed by atoms with E-state index < -0.39 is 24.7 Å². The average molecular weight is 304 g/mol. The van der Waals surface area contributed by atoms with E-state index in [2.05, 4.69) is 10.1 Å². The number of hydrogen-bond acceptors (Lipinski definition) is 3. The number of ether oxygens (including phenoxy) is 1. The molecular formula is C14H19F3N2O2. The SMILES string of the molecule is CC(C(=O)NCCOCC(F)(F)F)C(N)c1ccccc1. The van der Waals surface area contributed by atoms with E-state index in [4.69, 9.17) is 5.73 Å². The number of nitrogens with two attached hydrogens (primary N) is 1. The average Bonchev–Trinajstić information content (AvgIpc) is 2.44. The van der Waals surface area contributed by atoms with Crippen LogP contribution in [-0.4, -0.2) is 31.8 Å². The Balaban J connectivity index is 2.31. The van der Waals surface area contributed by atoms with Crippen molar-refractivity contribution in [3.05, 3.63) is 35.9 Å². The van der Waals surface area contributed by atoms with Crippen molar-refractivity contribution in [1.29, 1.82) is 0 Å². The largest absolute Gasteiger partial charge is 0.411 e. The van der Waals surface area contributed by atoms with Gasteiger partial charge in [0, 0.05) is 12.6 Å². The molecule has 2 unspecified atom stereocenters. The van der Waals surface area contributed by atoms with Gasteiger partial charge in [-0.1, -0.05) is 37.3 Å². The molecule has 0 bridgehead atoms. The molecule has 0 heterocycles. The summed E-state index contributed by atoms with van der Waals surface area (Å²) in [5.41, 5.74) is 6.81. The second-order valence-corrected chi connectivity index (χ2v) is 4.68. The molecule has 0 aliphatic carbocycles. The molecule has 2 atom stereocenters. The van der Waals surface area contributed by atoms with Gasteiger partial charge in [0.25, 0.3) is 0 Å². The number of benzene rings is 1. The Kier molecular flexibility index (Phi) is 6.64. The summed E-state index contributed by atoms with van der Waals surface area (Å²) in [7, 11) is 0. The Morgan fingerprint density at radius 1 is 1.33 bits per heavy atom. The van der Waals surface area contributed by atoms with E-state index in [9.17, 15) is 18.0 Å². The smallest absolute Gasteiger partial charge is 0.370 e. The minimum absolute atomic E-state index is 0.0146. The van der Waals surface area contributed by atoms with Crippen LogP contribution in [0, 0.1) is 5.92 Å². The Morgan fingerprint density at radius 3 is 2.52 bits per heavy atom. The van der Waals surface area contributed by atoms with Crippen molar-refractivity contribution in [1.82, 2.24) is 5.32 Å². The predicted molar refractivity (Wildman–Crippen MR) is 72.4 cm³/mol. The molecule has 21 heavy (non-hydrogen) atoms. The monoisotopic (exact) mass is 304 g/mol. The van der Waals surface area contributed by atoms with Gasteiger partial charge in [-0.05, 0) is 5.56 Å². The highest BCUT2D eigenvalue weighted by molar-refractivity contribution is 5.79. The van der Waals surface area contributed by atoms with Gasteiger partial charge in [0.05, 0.1) is 12.5 Å². The maximum absolute atomic E-state index is 11.8. The fourth-order valence-electron chi connectivity index (χ4n) is 1.72. The Hall–Kier alpha value is -1.60. The van der Waals surface area contributed by atoms with Crippen molar-refractivity contribution in [2.45, 2.75) is 19.1 Å². The quantitative estimate of drug-likeness (QED) is 0.758.